The molecule has 1 atom stereocenters. The highest BCUT2D eigenvalue weighted by atomic mass is 16.1. The fourth-order valence-corrected chi connectivity index (χ4v) is 2.28. The van der Waals surface area contributed by atoms with Gasteiger partial charge in [0.1, 0.15) is 5.65 Å². The quantitative estimate of drug-likeness (QED) is 0.800. The highest BCUT2D eigenvalue weighted by Gasteiger charge is 2.11. The second-order valence-electron chi connectivity index (χ2n) is 5.46. The first-order valence-electron chi connectivity index (χ1n) is 7.52. The summed E-state index contributed by atoms with van der Waals surface area (Å²) in [4.78, 5) is 16.8. The van der Waals surface area contributed by atoms with Crippen molar-refractivity contribution in [1.82, 2.24) is 14.7 Å². The molecule has 2 heterocycles. The molecule has 4 nitrogen and oxygen atoms in total. The predicted octanol–water partition coefficient (Wildman–Crippen LogP) is 3.53. The Balaban J connectivity index is 1.92. The highest BCUT2D eigenvalue weighted by molar-refractivity contribution is 5.95. The van der Waals surface area contributed by atoms with Crippen molar-refractivity contribution >= 4 is 11.6 Å². The molecule has 22 heavy (non-hydrogen) atoms. The first-order chi connectivity index (χ1) is 10.7. The fourth-order valence-electron chi connectivity index (χ4n) is 2.28. The van der Waals surface area contributed by atoms with Crippen LogP contribution in [0.1, 0.15) is 30.6 Å². The lowest BCUT2D eigenvalue weighted by molar-refractivity contribution is 0.0939. The third-order valence-electron chi connectivity index (χ3n) is 3.78. The van der Waals surface area contributed by atoms with Crippen molar-refractivity contribution in [2.45, 2.75) is 26.3 Å². The van der Waals surface area contributed by atoms with E-state index in [4.69, 9.17) is 0 Å². The van der Waals surface area contributed by atoms with E-state index in [1.807, 2.05) is 66.2 Å². The molecule has 3 rings (SSSR count). The zero-order chi connectivity index (χ0) is 15.5. The number of benzene rings is 1. The molecule has 4 heteroatoms. The summed E-state index contributed by atoms with van der Waals surface area (Å²) in [7, 11) is 0. The standard InChI is InChI=1S/C18H19N3O/c1-3-13(2)19-18(22)15-9-10-21-12-16(20-17(21)11-15)14-7-5-4-6-8-14/h4-13H,3H2,1-2H3,(H,19,22). The van der Waals surface area contributed by atoms with E-state index in [9.17, 15) is 4.79 Å². The molecule has 3 aromatic rings. The average Bonchev–Trinajstić information content (AvgIpc) is 2.98. The minimum Gasteiger partial charge on any atom is -0.350 e. The van der Waals surface area contributed by atoms with Crippen LogP contribution in [0.15, 0.2) is 54.9 Å². The zero-order valence-corrected chi connectivity index (χ0v) is 12.8. The van der Waals surface area contributed by atoms with Crippen LogP contribution in [-0.4, -0.2) is 21.3 Å². The molecule has 1 N–H and O–H groups in total. The number of nitrogens with one attached hydrogen (secondary N) is 1. The van der Waals surface area contributed by atoms with Crippen molar-refractivity contribution in [3.63, 3.8) is 0 Å². The van der Waals surface area contributed by atoms with Crippen molar-refractivity contribution in [3.8, 4) is 11.3 Å². The Labute approximate surface area is 129 Å². The lowest BCUT2D eigenvalue weighted by atomic mass is 10.2. The molecular formula is C18H19N3O. The van der Waals surface area contributed by atoms with Crippen molar-refractivity contribution < 1.29 is 4.79 Å². The van der Waals surface area contributed by atoms with Gasteiger partial charge in [-0.1, -0.05) is 37.3 Å². The van der Waals surface area contributed by atoms with Gasteiger partial charge in [-0.3, -0.25) is 4.79 Å². The Hall–Kier alpha value is -2.62. The molecule has 0 bridgehead atoms. The average molecular weight is 293 g/mol. The number of imidazole rings is 1. The molecule has 0 fully saturated rings. The van der Waals surface area contributed by atoms with Crippen LogP contribution in [0.5, 0.6) is 0 Å². The highest BCUT2D eigenvalue weighted by Crippen LogP contribution is 2.19. The Morgan fingerprint density at radius 3 is 2.77 bits per heavy atom. The van der Waals surface area contributed by atoms with E-state index in [1.165, 1.54) is 0 Å². The molecular weight excluding hydrogens is 274 g/mol. The number of fused-ring (bicyclic) bond motifs is 1. The molecule has 1 amide bonds. The van der Waals surface area contributed by atoms with Gasteiger partial charge < -0.3 is 9.72 Å². The fraction of sp³-hybridized carbons (Fsp3) is 0.222. The van der Waals surface area contributed by atoms with E-state index in [1.54, 1.807) is 0 Å². The Morgan fingerprint density at radius 1 is 1.27 bits per heavy atom. The number of hydrogen-bond donors (Lipinski definition) is 1. The summed E-state index contributed by atoms with van der Waals surface area (Å²) in [5.41, 5.74) is 3.38. The van der Waals surface area contributed by atoms with E-state index in [2.05, 4.69) is 17.2 Å². The number of aromatic nitrogens is 2. The van der Waals surface area contributed by atoms with Gasteiger partial charge in [0.2, 0.25) is 0 Å². The number of carbonyl (C=O) groups is 1. The SMILES string of the molecule is CCC(C)NC(=O)c1ccn2cc(-c3ccccc3)nc2c1. The summed E-state index contributed by atoms with van der Waals surface area (Å²) in [6, 6.07) is 13.8. The number of pyridine rings is 1. The van der Waals surface area contributed by atoms with Crippen molar-refractivity contribution in [2.24, 2.45) is 0 Å². The monoisotopic (exact) mass is 293 g/mol. The molecule has 2 aromatic heterocycles. The summed E-state index contributed by atoms with van der Waals surface area (Å²) in [5, 5.41) is 2.97. The Kier molecular flexibility index (Phi) is 3.92. The maximum Gasteiger partial charge on any atom is 0.251 e. The van der Waals surface area contributed by atoms with Crippen LogP contribution < -0.4 is 5.32 Å². The normalized spacial score (nSPS) is 12.3. The first-order valence-corrected chi connectivity index (χ1v) is 7.52. The van der Waals surface area contributed by atoms with Gasteiger partial charge in [-0.05, 0) is 25.5 Å². The van der Waals surface area contributed by atoms with E-state index < -0.39 is 0 Å². The molecule has 0 spiro atoms. The van der Waals surface area contributed by atoms with E-state index in [0.717, 1.165) is 23.3 Å². The van der Waals surface area contributed by atoms with Gasteiger partial charge in [-0.2, -0.15) is 0 Å². The number of hydrogen-bond acceptors (Lipinski definition) is 2. The molecule has 0 radical (unpaired) electrons. The number of rotatable bonds is 4. The third kappa shape index (κ3) is 2.86. The topological polar surface area (TPSA) is 46.4 Å². The van der Waals surface area contributed by atoms with Crippen LogP contribution in [0.4, 0.5) is 0 Å². The molecule has 0 aliphatic rings. The molecule has 0 saturated heterocycles. The third-order valence-corrected chi connectivity index (χ3v) is 3.78. The maximum absolute atomic E-state index is 12.2. The van der Waals surface area contributed by atoms with E-state index in [0.29, 0.717) is 5.56 Å². The van der Waals surface area contributed by atoms with Crippen LogP contribution in [0.3, 0.4) is 0 Å². The minimum absolute atomic E-state index is 0.0545. The molecule has 0 aliphatic carbocycles. The molecule has 1 unspecified atom stereocenters. The second kappa shape index (κ2) is 6.02. The largest absolute Gasteiger partial charge is 0.350 e. The Bertz CT molecular complexity index is 792. The van der Waals surface area contributed by atoms with E-state index in [-0.39, 0.29) is 11.9 Å². The smallest absolute Gasteiger partial charge is 0.251 e. The Morgan fingerprint density at radius 2 is 2.05 bits per heavy atom. The molecule has 112 valence electrons. The van der Waals surface area contributed by atoms with Crippen LogP contribution in [0.25, 0.3) is 16.9 Å². The van der Waals surface area contributed by atoms with Gasteiger partial charge in [-0.15, -0.1) is 0 Å². The summed E-state index contributed by atoms with van der Waals surface area (Å²) in [5.74, 6) is -0.0545. The lowest BCUT2D eigenvalue weighted by Gasteiger charge is -2.11. The van der Waals surface area contributed by atoms with Crippen LogP contribution >= 0.6 is 0 Å². The van der Waals surface area contributed by atoms with Crippen LogP contribution in [0.2, 0.25) is 0 Å². The van der Waals surface area contributed by atoms with Gasteiger partial charge in [0.25, 0.3) is 5.91 Å². The zero-order valence-electron chi connectivity index (χ0n) is 12.8. The van der Waals surface area contributed by atoms with Crippen molar-refractivity contribution in [1.29, 1.82) is 0 Å². The van der Waals surface area contributed by atoms with Gasteiger partial charge in [0.15, 0.2) is 0 Å². The van der Waals surface area contributed by atoms with Crippen LogP contribution in [0, 0.1) is 0 Å². The number of amides is 1. The molecule has 0 saturated carbocycles. The number of nitrogens with zero attached hydrogens (tertiary/aromatic N) is 2. The predicted molar refractivity (Wildman–Crippen MR) is 87.8 cm³/mol. The second-order valence-corrected chi connectivity index (χ2v) is 5.46. The maximum atomic E-state index is 12.2. The van der Waals surface area contributed by atoms with Gasteiger partial charge in [0, 0.05) is 29.6 Å². The summed E-state index contributed by atoms with van der Waals surface area (Å²) in [6.07, 6.45) is 4.76. The van der Waals surface area contributed by atoms with Crippen molar-refractivity contribution in [3.05, 3.63) is 60.4 Å². The van der Waals surface area contributed by atoms with Gasteiger partial charge in [-0.25, -0.2) is 4.98 Å². The molecule has 1 aromatic carbocycles. The van der Waals surface area contributed by atoms with Crippen molar-refractivity contribution in [2.75, 3.05) is 0 Å². The summed E-state index contributed by atoms with van der Waals surface area (Å²) in [6.45, 7) is 4.05. The summed E-state index contributed by atoms with van der Waals surface area (Å²) < 4.78 is 1.93. The minimum atomic E-state index is -0.0545. The van der Waals surface area contributed by atoms with Gasteiger partial charge >= 0.3 is 0 Å². The molecule has 0 aliphatic heterocycles. The summed E-state index contributed by atoms with van der Waals surface area (Å²) >= 11 is 0. The number of carbonyl (C=O) groups excluding carboxylic acids is 1. The van der Waals surface area contributed by atoms with Crippen LogP contribution in [-0.2, 0) is 0 Å². The van der Waals surface area contributed by atoms with Gasteiger partial charge in [0.05, 0.1) is 5.69 Å². The first kappa shape index (κ1) is 14.3. The lowest BCUT2D eigenvalue weighted by Crippen LogP contribution is -2.31. The van der Waals surface area contributed by atoms with E-state index >= 15 is 0 Å².